The lowest BCUT2D eigenvalue weighted by molar-refractivity contribution is -0.122. The van der Waals surface area contributed by atoms with Crippen LogP contribution in [0.2, 0.25) is 0 Å². The minimum atomic E-state index is -1.66. The van der Waals surface area contributed by atoms with Crippen LogP contribution < -0.4 is 15.4 Å². The second kappa shape index (κ2) is 12.0. The van der Waals surface area contributed by atoms with Gasteiger partial charge in [-0.3, -0.25) is 9.59 Å². The maximum absolute atomic E-state index is 13.3. The van der Waals surface area contributed by atoms with Gasteiger partial charge in [0.1, 0.15) is 5.75 Å². The Bertz CT molecular complexity index is 978. The van der Waals surface area contributed by atoms with Gasteiger partial charge < -0.3 is 25.4 Å². The maximum Gasteiger partial charge on any atom is 0.475 e. The monoisotopic (exact) mass is 466 g/mol. The highest BCUT2D eigenvalue weighted by molar-refractivity contribution is 6.43. The zero-order valence-electron chi connectivity index (χ0n) is 20.2. The number of carbonyl (C=O) groups is 2. The summed E-state index contributed by atoms with van der Waals surface area (Å²) >= 11 is 0. The van der Waals surface area contributed by atoms with E-state index in [9.17, 15) is 19.6 Å². The van der Waals surface area contributed by atoms with Gasteiger partial charge in [-0.25, -0.2) is 0 Å². The highest BCUT2D eigenvalue weighted by Gasteiger charge is 2.28. The highest BCUT2D eigenvalue weighted by Crippen LogP contribution is 2.26. The van der Waals surface area contributed by atoms with Gasteiger partial charge in [-0.1, -0.05) is 38.1 Å². The molecule has 34 heavy (non-hydrogen) atoms. The van der Waals surface area contributed by atoms with E-state index in [1.807, 2.05) is 38.1 Å². The first kappa shape index (κ1) is 25.8. The van der Waals surface area contributed by atoms with Gasteiger partial charge in [-0.2, -0.15) is 0 Å². The lowest BCUT2D eigenvalue weighted by Gasteiger charge is -2.24. The number of amides is 2. The van der Waals surface area contributed by atoms with Gasteiger partial charge in [0.15, 0.2) is 0 Å². The zero-order chi connectivity index (χ0) is 24.7. The average Bonchev–Trinajstić information content (AvgIpc) is 2.82. The van der Waals surface area contributed by atoms with E-state index in [1.54, 1.807) is 19.2 Å². The molecule has 1 aliphatic carbocycles. The van der Waals surface area contributed by atoms with Gasteiger partial charge in [0.2, 0.25) is 5.91 Å². The van der Waals surface area contributed by atoms with Crippen molar-refractivity contribution < 1.29 is 24.4 Å². The minimum Gasteiger partial charge on any atom is -0.497 e. The van der Waals surface area contributed by atoms with Crippen LogP contribution in [0.4, 0.5) is 0 Å². The lowest BCUT2D eigenvalue weighted by atomic mass is 9.75. The smallest absolute Gasteiger partial charge is 0.475 e. The Morgan fingerprint density at radius 3 is 2.38 bits per heavy atom. The van der Waals surface area contributed by atoms with Gasteiger partial charge in [0.05, 0.1) is 25.5 Å². The summed E-state index contributed by atoms with van der Waals surface area (Å²) in [6.45, 7) is 3.89. The molecule has 0 aromatic heterocycles. The fraction of sp³-hybridized carbons (Fsp3) is 0.462. The molecule has 2 atom stereocenters. The number of hydrogen-bond acceptors (Lipinski definition) is 5. The number of rotatable bonds is 10. The molecule has 0 bridgehead atoms. The topological polar surface area (TPSA) is 108 Å². The number of methoxy groups -OCH3 is 1. The minimum absolute atomic E-state index is 0.0333. The van der Waals surface area contributed by atoms with Gasteiger partial charge in [0, 0.05) is 5.56 Å². The van der Waals surface area contributed by atoms with Crippen molar-refractivity contribution in [2.24, 2.45) is 5.92 Å². The van der Waals surface area contributed by atoms with Crippen LogP contribution >= 0.6 is 0 Å². The van der Waals surface area contributed by atoms with Crippen LogP contribution in [-0.2, 0) is 17.6 Å². The van der Waals surface area contributed by atoms with Crippen molar-refractivity contribution in [2.45, 2.75) is 64.4 Å². The van der Waals surface area contributed by atoms with Crippen molar-refractivity contribution in [3.05, 3.63) is 64.7 Å². The zero-order valence-corrected chi connectivity index (χ0v) is 20.2. The van der Waals surface area contributed by atoms with Gasteiger partial charge >= 0.3 is 7.12 Å². The molecule has 8 heteroatoms. The van der Waals surface area contributed by atoms with Gasteiger partial charge in [-0.05, 0) is 72.9 Å². The molecule has 0 radical (unpaired) electrons. The first-order valence-electron chi connectivity index (χ1n) is 12.0. The number of fused-ring (bicyclic) bond motifs is 1. The largest absolute Gasteiger partial charge is 0.497 e. The van der Waals surface area contributed by atoms with E-state index in [2.05, 4.69) is 16.7 Å². The van der Waals surface area contributed by atoms with Crippen molar-refractivity contribution in [3.8, 4) is 5.75 Å². The quantitative estimate of drug-likeness (QED) is 0.403. The Kier molecular flexibility index (Phi) is 9.13. The Hall–Kier alpha value is -2.84. The van der Waals surface area contributed by atoms with Crippen molar-refractivity contribution >= 4 is 18.9 Å². The summed E-state index contributed by atoms with van der Waals surface area (Å²) in [7, 11) is -0.0776. The third-order valence-corrected chi connectivity index (χ3v) is 6.29. The number of ether oxygens (including phenoxy) is 1. The second-order valence-electron chi connectivity index (χ2n) is 9.37. The maximum atomic E-state index is 13.3. The molecule has 0 heterocycles. The summed E-state index contributed by atoms with van der Waals surface area (Å²) < 4.78 is 5.24. The average molecular weight is 466 g/mol. The van der Waals surface area contributed by atoms with Crippen LogP contribution in [0.25, 0.3) is 0 Å². The van der Waals surface area contributed by atoms with Crippen LogP contribution in [0.15, 0.2) is 42.5 Å². The molecular weight excluding hydrogens is 431 g/mol. The van der Waals surface area contributed by atoms with Gasteiger partial charge in [0.25, 0.3) is 5.91 Å². The van der Waals surface area contributed by atoms with E-state index in [4.69, 9.17) is 4.74 Å². The molecule has 0 fully saturated rings. The van der Waals surface area contributed by atoms with E-state index < -0.39 is 19.1 Å². The van der Waals surface area contributed by atoms with Crippen LogP contribution in [0.1, 0.15) is 72.6 Å². The molecule has 182 valence electrons. The summed E-state index contributed by atoms with van der Waals surface area (Å²) in [5.41, 5.74) is 3.72. The molecule has 4 N–H and O–H groups in total. The predicted molar refractivity (Wildman–Crippen MR) is 132 cm³/mol. The normalized spacial score (nSPS) is 14.6. The second-order valence-corrected chi connectivity index (χ2v) is 9.37. The molecule has 2 aromatic rings. The van der Waals surface area contributed by atoms with Crippen LogP contribution in [-0.4, -0.2) is 42.0 Å². The Morgan fingerprint density at radius 1 is 1.03 bits per heavy atom. The molecule has 0 spiro atoms. The predicted octanol–water partition coefficient (Wildman–Crippen LogP) is 2.98. The Balaban J connectivity index is 1.81. The number of aryl methyl sites for hydroxylation is 1. The van der Waals surface area contributed by atoms with Crippen molar-refractivity contribution in [1.29, 1.82) is 0 Å². The first-order chi connectivity index (χ1) is 16.3. The van der Waals surface area contributed by atoms with Crippen molar-refractivity contribution in [3.63, 3.8) is 0 Å². The van der Waals surface area contributed by atoms with E-state index >= 15 is 0 Å². The van der Waals surface area contributed by atoms with E-state index in [0.717, 1.165) is 36.8 Å². The fourth-order valence-corrected chi connectivity index (χ4v) is 4.53. The lowest BCUT2D eigenvalue weighted by Crippen LogP contribution is -2.48. The number of carbonyl (C=O) groups excluding carboxylic acids is 2. The first-order valence-corrected chi connectivity index (χ1v) is 12.0. The molecule has 0 saturated heterocycles. The number of nitrogens with one attached hydrogen (secondary N) is 2. The third-order valence-electron chi connectivity index (χ3n) is 6.29. The molecule has 7 nitrogen and oxygen atoms in total. The SMILES string of the molecule is COc1ccc(C(CC(=O)NC(CC(C)C)B(O)O)NC(=O)c2cccc3c2CCCC3)cc1. The van der Waals surface area contributed by atoms with E-state index in [1.165, 1.54) is 5.56 Å². The summed E-state index contributed by atoms with van der Waals surface area (Å²) in [4.78, 5) is 26.2. The van der Waals surface area contributed by atoms with Gasteiger partial charge in [-0.15, -0.1) is 0 Å². The molecule has 2 amide bonds. The fourth-order valence-electron chi connectivity index (χ4n) is 4.53. The highest BCUT2D eigenvalue weighted by atomic mass is 16.5. The van der Waals surface area contributed by atoms with Crippen LogP contribution in [0.3, 0.4) is 0 Å². The summed E-state index contributed by atoms with van der Waals surface area (Å²) in [6.07, 6.45) is 4.43. The summed E-state index contributed by atoms with van der Waals surface area (Å²) in [5, 5.41) is 25.1. The number of benzene rings is 2. The van der Waals surface area contributed by atoms with Crippen LogP contribution in [0.5, 0.6) is 5.75 Å². The Morgan fingerprint density at radius 2 is 1.74 bits per heavy atom. The summed E-state index contributed by atoms with van der Waals surface area (Å²) in [5.74, 6) is -0.506. The molecule has 0 aliphatic heterocycles. The summed E-state index contributed by atoms with van der Waals surface area (Å²) in [6, 6.07) is 12.5. The van der Waals surface area contributed by atoms with Crippen molar-refractivity contribution in [2.75, 3.05) is 7.11 Å². The molecule has 2 aromatic carbocycles. The molecule has 1 aliphatic rings. The van der Waals surface area contributed by atoms with Crippen molar-refractivity contribution in [1.82, 2.24) is 10.6 Å². The van der Waals surface area contributed by atoms with E-state index in [0.29, 0.717) is 17.7 Å². The molecule has 2 unspecified atom stereocenters. The molecule has 3 rings (SSSR count). The third kappa shape index (κ3) is 6.84. The molecule has 0 saturated carbocycles. The Labute approximate surface area is 202 Å². The van der Waals surface area contributed by atoms with E-state index in [-0.39, 0.29) is 24.2 Å². The molecular formula is C26H35BN2O5. The van der Waals surface area contributed by atoms with Crippen LogP contribution in [0, 0.1) is 5.92 Å². The number of hydrogen-bond donors (Lipinski definition) is 4. The standard InChI is InChI=1S/C26H35BN2O5/c1-17(2)15-24(27(32)33)29-25(30)16-23(19-11-13-20(34-3)14-12-19)28-26(31)22-10-6-8-18-7-4-5-9-21(18)22/h6,8,10-14,17,23-24,32-33H,4-5,7,9,15-16H2,1-3H3,(H,28,31)(H,29,30).